The molecule has 0 saturated carbocycles. The van der Waals surface area contributed by atoms with Gasteiger partial charge in [-0.3, -0.25) is 4.79 Å². The summed E-state index contributed by atoms with van der Waals surface area (Å²) in [4.78, 5) is 13.6. The topological polar surface area (TPSA) is 20.3 Å². The summed E-state index contributed by atoms with van der Waals surface area (Å²) in [5.74, 6) is 0. The van der Waals surface area contributed by atoms with E-state index in [2.05, 4.69) is 6.92 Å². The summed E-state index contributed by atoms with van der Waals surface area (Å²) in [5.41, 5.74) is 0. The number of thiocarbonyl (C=S) groups is 1. The molecule has 150 valence electrons. The van der Waals surface area contributed by atoms with Gasteiger partial charge in [0.25, 0.3) is 0 Å². The molecule has 0 N–H and O–H groups in total. The van der Waals surface area contributed by atoms with Gasteiger partial charge in [0, 0.05) is 40.0 Å². The molecule has 0 aliphatic heterocycles. The zero-order valence-corrected chi connectivity index (χ0v) is 22.3. The van der Waals surface area contributed by atoms with Crippen molar-refractivity contribution in [2.24, 2.45) is 0 Å². The fraction of sp³-hybridized carbons (Fsp3) is 0.905. The molecule has 0 saturated heterocycles. The zero-order chi connectivity index (χ0) is 18.8. The predicted molar refractivity (Wildman–Crippen MR) is 118 cm³/mol. The Labute approximate surface area is 185 Å². The van der Waals surface area contributed by atoms with E-state index in [1.165, 1.54) is 102 Å². The molecule has 0 amide bonds. The minimum absolute atomic E-state index is 0. The Balaban J connectivity index is 0. The van der Waals surface area contributed by atoms with Crippen molar-refractivity contribution in [2.75, 3.05) is 14.1 Å². The van der Waals surface area contributed by atoms with Gasteiger partial charge in [-0.25, -0.2) is 0 Å². The quantitative estimate of drug-likeness (QED) is 0.138. The second-order valence-corrected chi connectivity index (χ2v) is 9.03. The van der Waals surface area contributed by atoms with Crippen LogP contribution in [0.3, 0.4) is 0 Å². The maximum atomic E-state index is 11.7. The first-order chi connectivity index (χ1) is 12.1. The van der Waals surface area contributed by atoms with Crippen molar-refractivity contribution in [2.45, 2.75) is 110 Å². The first kappa shape index (κ1) is 28.7. The van der Waals surface area contributed by atoms with E-state index in [0.717, 1.165) is 6.42 Å². The Hall–Kier alpha value is 0.533. The van der Waals surface area contributed by atoms with Crippen molar-refractivity contribution >= 4 is 33.4 Å². The van der Waals surface area contributed by atoms with Crippen LogP contribution in [0.15, 0.2) is 0 Å². The van der Waals surface area contributed by atoms with E-state index in [0.29, 0.717) is 10.7 Å². The van der Waals surface area contributed by atoms with Gasteiger partial charge in [-0.15, -0.1) is 0 Å². The monoisotopic (exact) mass is 451 g/mol. The molecule has 0 radical (unpaired) electrons. The summed E-state index contributed by atoms with van der Waals surface area (Å²) in [6.07, 6.45) is 21.0. The standard InChI is InChI=1S/C21H41NOS2.Zn/c1-4-5-6-7-8-9-10-11-12-13-14-15-16-17-18-19-20(23)25-21(24)22(2)3;/h4-19H2,1-3H3;. The van der Waals surface area contributed by atoms with Gasteiger partial charge in [-0.05, 0) is 18.2 Å². The number of carbonyl (C=O) groups is 1. The van der Waals surface area contributed by atoms with Gasteiger partial charge < -0.3 is 4.90 Å². The molecule has 0 aromatic carbocycles. The minimum atomic E-state index is 0. The largest absolute Gasteiger partial charge is 0.363 e. The number of nitrogens with zero attached hydrogens (tertiary/aromatic N) is 1. The first-order valence-electron chi connectivity index (χ1n) is 10.5. The predicted octanol–water partition coefficient (Wildman–Crippen LogP) is 7.35. The Kier molecular flexibility index (Phi) is 24.1. The van der Waals surface area contributed by atoms with E-state index in [-0.39, 0.29) is 24.6 Å². The summed E-state index contributed by atoms with van der Waals surface area (Å²) in [6.45, 7) is 2.28. The maximum absolute atomic E-state index is 11.7. The van der Waals surface area contributed by atoms with E-state index in [4.69, 9.17) is 12.2 Å². The van der Waals surface area contributed by atoms with Crippen molar-refractivity contribution in [3.05, 3.63) is 0 Å². The third-order valence-electron chi connectivity index (χ3n) is 4.55. The Bertz CT molecular complexity index is 338. The minimum Gasteiger partial charge on any atom is -0.363 e. The molecule has 0 aromatic rings. The average molecular weight is 453 g/mol. The molecule has 2 nitrogen and oxygen atoms in total. The van der Waals surface area contributed by atoms with E-state index in [1.54, 1.807) is 0 Å². The van der Waals surface area contributed by atoms with Crippen molar-refractivity contribution < 1.29 is 24.3 Å². The molecule has 0 spiro atoms. The summed E-state index contributed by atoms with van der Waals surface area (Å²) in [7, 11) is 3.77. The van der Waals surface area contributed by atoms with Crippen LogP contribution < -0.4 is 0 Å². The van der Waals surface area contributed by atoms with Gasteiger partial charge in [0.2, 0.25) is 0 Å². The van der Waals surface area contributed by atoms with Crippen LogP contribution >= 0.6 is 24.0 Å². The molecule has 0 aromatic heterocycles. The third-order valence-corrected chi connectivity index (χ3v) is 6.14. The van der Waals surface area contributed by atoms with Crippen LogP contribution in [0.4, 0.5) is 0 Å². The molecule has 0 fully saturated rings. The summed E-state index contributed by atoms with van der Waals surface area (Å²) in [5, 5.41) is 0.216. The number of thioether (sulfide) groups is 1. The number of carbonyl (C=O) groups excluding carboxylic acids is 1. The number of hydrogen-bond donors (Lipinski definition) is 0. The van der Waals surface area contributed by atoms with Crippen LogP contribution in [0.1, 0.15) is 110 Å². The van der Waals surface area contributed by atoms with E-state index in [9.17, 15) is 4.79 Å². The first-order valence-corrected chi connectivity index (χ1v) is 11.7. The molecule has 0 aliphatic carbocycles. The molecule has 26 heavy (non-hydrogen) atoms. The maximum Gasteiger partial charge on any atom is 0.195 e. The fourth-order valence-corrected chi connectivity index (χ4v) is 3.78. The van der Waals surface area contributed by atoms with Crippen LogP contribution in [0.25, 0.3) is 0 Å². The van der Waals surface area contributed by atoms with Crippen molar-refractivity contribution in [1.82, 2.24) is 4.90 Å². The van der Waals surface area contributed by atoms with Gasteiger partial charge in [0.05, 0.1) is 0 Å². The number of rotatable bonds is 16. The van der Waals surface area contributed by atoms with E-state index >= 15 is 0 Å². The Morgan fingerprint density at radius 1 is 0.731 bits per heavy atom. The molecule has 0 rings (SSSR count). The molecule has 0 atom stereocenters. The normalized spacial score (nSPS) is 10.4. The SMILES string of the molecule is CCCCCCCCCCCCCCCCCC(=O)SC(=S)N(C)C.[Zn]. The molecular formula is C21H41NOS2Zn. The van der Waals surface area contributed by atoms with Gasteiger partial charge in [0.15, 0.2) is 5.12 Å². The van der Waals surface area contributed by atoms with Crippen molar-refractivity contribution in [1.29, 1.82) is 0 Å². The van der Waals surface area contributed by atoms with Crippen LogP contribution in [0.2, 0.25) is 0 Å². The van der Waals surface area contributed by atoms with Crippen LogP contribution in [0, 0.1) is 0 Å². The Morgan fingerprint density at radius 2 is 1.08 bits per heavy atom. The van der Waals surface area contributed by atoms with Crippen LogP contribution in [-0.2, 0) is 24.3 Å². The Morgan fingerprint density at radius 3 is 1.42 bits per heavy atom. The molecule has 5 heteroatoms. The molecule has 0 aliphatic rings. The number of hydrogen-bond acceptors (Lipinski definition) is 3. The van der Waals surface area contributed by atoms with Crippen molar-refractivity contribution in [3.8, 4) is 0 Å². The molecule has 0 heterocycles. The number of unbranched alkanes of at least 4 members (excludes halogenated alkanes) is 14. The molecule has 0 bridgehead atoms. The smallest absolute Gasteiger partial charge is 0.195 e. The fourth-order valence-electron chi connectivity index (χ4n) is 2.88. The zero-order valence-electron chi connectivity index (χ0n) is 17.7. The summed E-state index contributed by atoms with van der Waals surface area (Å²) < 4.78 is 0.672. The third kappa shape index (κ3) is 20.8. The molecule has 0 unspecified atom stereocenters. The van der Waals surface area contributed by atoms with Crippen molar-refractivity contribution in [3.63, 3.8) is 0 Å². The summed E-state index contributed by atoms with van der Waals surface area (Å²) >= 11 is 6.35. The second-order valence-electron chi connectivity index (χ2n) is 7.33. The van der Waals surface area contributed by atoms with Gasteiger partial charge in [0.1, 0.15) is 4.32 Å². The van der Waals surface area contributed by atoms with Gasteiger partial charge >= 0.3 is 0 Å². The molecular weight excluding hydrogens is 412 g/mol. The van der Waals surface area contributed by atoms with E-state index in [1.807, 2.05) is 19.0 Å². The van der Waals surface area contributed by atoms with Crippen LogP contribution in [-0.4, -0.2) is 28.4 Å². The average Bonchev–Trinajstić information content (AvgIpc) is 2.58. The van der Waals surface area contributed by atoms with Gasteiger partial charge in [-0.1, -0.05) is 109 Å². The van der Waals surface area contributed by atoms with E-state index < -0.39 is 0 Å². The summed E-state index contributed by atoms with van der Waals surface area (Å²) in [6, 6.07) is 0. The van der Waals surface area contributed by atoms with Crippen LogP contribution in [0.5, 0.6) is 0 Å². The second kappa shape index (κ2) is 21.8. The van der Waals surface area contributed by atoms with Gasteiger partial charge in [-0.2, -0.15) is 0 Å².